The molecular formula is C30H18O12. The number of carbonyl (C=O) groups excluding carboxylic acids is 3. The molecule has 4 aromatic rings. The number of hydrogen-bond donors (Lipinski definition) is 3. The van der Waals surface area contributed by atoms with Crippen LogP contribution in [0.2, 0.25) is 0 Å². The highest BCUT2D eigenvalue weighted by Crippen LogP contribution is 2.33. The zero-order valence-corrected chi connectivity index (χ0v) is 21.2. The third-order valence-electron chi connectivity index (χ3n) is 5.62. The lowest BCUT2D eigenvalue weighted by Crippen LogP contribution is -2.31. The minimum absolute atomic E-state index is 0.136. The summed E-state index contributed by atoms with van der Waals surface area (Å²) in [6.07, 6.45) is 0. The number of aromatic carboxylic acids is 3. The summed E-state index contributed by atoms with van der Waals surface area (Å²) in [5.74, 6) is -11.5. The second-order valence-corrected chi connectivity index (χ2v) is 8.27. The SMILES string of the molecule is O=C(O)c1c(C(=O)O)c(C(=O)Oc2ccccc2)c(C(=O)Oc2ccccc2)c(C(=O)Oc2ccccc2)c1C(=O)O. The van der Waals surface area contributed by atoms with Crippen molar-refractivity contribution in [2.24, 2.45) is 0 Å². The number of carboxylic acids is 3. The average molecular weight is 570 g/mol. The number of carbonyl (C=O) groups is 6. The van der Waals surface area contributed by atoms with E-state index in [0.29, 0.717) is 0 Å². The molecule has 0 saturated heterocycles. The van der Waals surface area contributed by atoms with Crippen LogP contribution in [0.15, 0.2) is 91.0 Å². The number of ether oxygens (including phenoxy) is 3. The summed E-state index contributed by atoms with van der Waals surface area (Å²) in [5, 5.41) is 30.0. The summed E-state index contributed by atoms with van der Waals surface area (Å²) < 4.78 is 15.7. The normalized spacial score (nSPS) is 10.3. The molecule has 0 fully saturated rings. The second kappa shape index (κ2) is 12.3. The third-order valence-corrected chi connectivity index (χ3v) is 5.62. The van der Waals surface area contributed by atoms with Gasteiger partial charge in [0.2, 0.25) is 0 Å². The molecule has 0 aliphatic rings. The summed E-state index contributed by atoms with van der Waals surface area (Å²) in [7, 11) is 0. The molecule has 0 radical (unpaired) electrons. The van der Waals surface area contributed by atoms with Crippen molar-refractivity contribution in [2.45, 2.75) is 0 Å². The van der Waals surface area contributed by atoms with Gasteiger partial charge in [-0.3, -0.25) is 0 Å². The van der Waals surface area contributed by atoms with Crippen molar-refractivity contribution in [3.8, 4) is 17.2 Å². The standard InChI is InChI=1S/C30H18O12/c31-25(32)19-20(26(33)34)22(28(37)40-16-10-4-1-5-11-16)24(30(39)42-18-14-8-3-9-15-18)23(21(19)27(35)36)29(38)41-17-12-6-2-7-13-17/h1-15H,(H,31,32)(H,33,34)(H,35,36). The summed E-state index contributed by atoms with van der Waals surface area (Å²) in [4.78, 5) is 77.9. The quantitative estimate of drug-likeness (QED) is 0.190. The van der Waals surface area contributed by atoms with E-state index in [0.717, 1.165) is 0 Å². The fraction of sp³-hybridized carbons (Fsp3) is 0. The predicted octanol–water partition coefficient (Wildman–Crippen LogP) is 4.44. The van der Waals surface area contributed by atoms with Gasteiger partial charge < -0.3 is 29.5 Å². The number of rotatable bonds is 9. The van der Waals surface area contributed by atoms with Gasteiger partial charge in [-0.2, -0.15) is 0 Å². The number of hydrogen-bond acceptors (Lipinski definition) is 9. The van der Waals surface area contributed by atoms with Crippen LogP contribution in [0, 0.1) is 0 Å². The van der Waals surface area contributed by atoms with Crippen LogP contribution in [-0.4, -0.2) is 51.1 Å². The van der Waals surface area contributed by atoms with E-state index >= 15 is 0 Å². The summed E-state index contributed by atoms with van der Waals surface area (Å²) in [6.45, 7) is 0. The first-order valence-corrected chi connectivity index (χ1v) is 11.9. The molecule has 0 aromatic heterocycles. The van der Waals surface area contributed by atoms with Crippen LogP contribution in [0.4, 0.5) is 0 Å². The molecule has 0 saturated carbocycles. The molecule has 12 nitrogen and oxygen atoms in total. The van der Waals surface area contributed by atoms with Gasteiger partial charge >= 0.3 is 35.8 Å². The van der Waals surface area contributed by atoms with Gasteiger partial charge in [0, 0.05) is 0 Å². The average Bonchev–Trinajstić information content (AvgIpc) is 2.96. The molecule has 0 atom stereocenters. The van der Waals surface area contributed by atoms with E-state index in [1.807, 2.05) is 0 Å². The molecule has 0 aliphatic carbocycles. The number of carboxylic acid groups (broad SMARTS) is 3. The number of benzene rings is 4. The highest BCUT2D eigenvalue weighted by molar-refractivity contribution is 6.24. The van der Waals surface area contributed by atoms with E-state index in [-0.39, 0.29) is 17.2 Å². The minimum atomic E-state index is -2.13. The van der Waals surface area contributed by atoms with E-state index in [1.165, 1.54) is 72.8 Å². The lowest BCUT2D eigenvalue weighted by atomic mass is 9.85. The van der Waals surface area contributed by atoms with Crippen molar-refractivity contribution in [1.82, 2.24) is 0 Å². The Morgan fingerprint density at radius 3 is 0.810 bits per heavy atom. The predicted molar refractivity (Wildman–Crippen MR) is 142 cm³/mol. The molecular weight excluding hydrogens is 552 g/mol. The Hall–Kier alpha value is -6.30. The Labute approximate surface area is 235 Å². The molecule has 0 amide bonds. The Morgan fingerprint density at radius 2 is 0.571 bits per heavy atom. The van der Waals surface area contributed by atoms with Crippen LogP contribution in [0.1, 0.15) is 62.1 Å². The van der Waals surface area contributed by atoms with Crippen LogP contribution >= 0.6 is 0 Å². The largest absolute Gasteiger partial charge is 0.478 e. The third kappa shape index (κ3) is 5.97. The fourth-order valence-corrected chi connectivity index (χ4v) is 3.94. The molecule has 12 heteroatoms. The summed E-state index contributed by atoms with van der Waals surface area (Å²) in [5.41, 5.74) is -7.98. The van der Waals surface area contributed by atoms with Gasteiger partial charge in [-0.1, -0.05) is 54.6 Å². The monoisotopic (exact) mass is 570 g/mol. The van der Waals surface area contributed by atoms with E-state index in [9.17, 15) is 44.1 Å². The van der Waals surface area contributed by atoms with Crippen LogP contribution < -0.4 is 14.2 Å². The minimum Gasteiger partial charge on any atom is -0.478 e. The fourth-order valence-electron chi connectivity index (χ4n) is 3.94. The molecule has 0 spiro atoms. The van der Waals surface area contributed by atoms with Crippen LogP contribution in [0.5, 0.6) is 17.2 Å². The van der Waals surface area contributed by atoms with E-state index in [2.05, 4.69) is 0 Å². The van der Waals surface area contributed by atoms with E-state index in [4.69, 9.17) is 14.2 Å². The van der Waals surface area contributed by atoms with Gasteiger partial charge in [-0.25, -0.2) is 28.8 Å². The van der Waals surface area contributed by atoms with Crippen molar-refractivity contribution < 1.29 is 58.3 Å². The van der Waals surface area contributed by atoms with Crippen molar-refractivity contribution in [3.05, 3.63) is 124 Å². The van der Waals surface area contributed by atoms with E-state index < -0.39 is 69.2 Å². The van der Waals surface area contributed by atoms with Gasteiger partial charge in [0.15, 0.2) is 0 Å². The molecule has 210 valence electrons. The maximum absolute atomic E-state index is 13.6. The Morgan fingerprint density at radius 1 is 0.357 bits per heavy atom. The van der Waals surface area contributed by atoms with Crippen LogP contribution in [0.25, 0.3) is 0 Å². The lowest BCUT2D eigenvalue weighted by molar-refractivity contribution is 0.0608. The first kappa shape index (κ1) is 28.7. The van der Waals surface area contributed by atoms with Crippen molar-refractivity contribution in [1.29, 1.82) is 0 Å². The molecule has 4 aromatic carbocycles. The first-order chi connectivity index (χ1) is 20.1. The van der Waals surface area contributed by atoms with Gasteiger partial charge in [0.1, 0.15) is 17.2 Å². The second-order valence-electron chi connectivity index (χ2n) is 8.27. The number of para-hydroxylation sites is 3. The molecule has 0 bridgehead atoms. The van der Waals surface area contributed by atoms with Gasteiger partial charge in [-0.05, 0) is 36.4 Å². The van der Waals surface area contributed by atoms with Gasteiger partial charge in [-0.15, -0.1) is 0 Å². The molecule has 0 heterocycles. The lowest BCUT2D eigenvalue weighted by Gasteiger charge is -2.20. The highest BCUT2D eigenvalue weighted by Gasteiger charge is 2.42. The number of esters is 3. The Balaban J connectivity index is 2.11. The molecule has 0 aliphatic heterocycles. The van der Waals surface area contributed by atoms with Crippen LogP contribution in [-0.2, 0) is 0 Å². The van der Waals surface area contributed by atoms with Gasteiger partial charge in [0.25, 0.3) is 0 Å². The molecule has 3 N–H and O–H groups in total. The summed E-state index contributed by atoms with van der Waals surface area (Å²) in [6, 6.07) is 21.3. The van der Waals surface area contributed by atoms with Crippen LogP contribution in [0.3, 0.4) is 0 Å². The highest BCUT2D eigenvalue weighted by atomic mass is 16.5. The molecule has 42 heavy (non-hydrogen) atoms. The Kier molecular flexibility index (Phi) is 8.38. The topological polar surface area (TPSA) is 191 Å². The maximum Gasteiger partial charge on any atom is 0.345 e. The van der Waals surface area contributed by atoms with Crippen molar-refractivity contribution in [3.63, 3.8) is 0 Å². The first-order valence-electron chi connectivity index (χ1n) is 11.9. The Bertz CT molecular complexity index is 1620. The van der Waals surface area contributed by atoms with Crippen molar-refractivity contribution in [2.75, 3.05) is 0 Å². The van der Waals surface area contributed by atoms with Gasteiger partial charge in [0.05, 0.1) is 33.4 Å². The molecule has 0 unspecified atom stereocenters. The maximum atomic E-state index is 13.6. The zero-order valence-electron chi connectivity index (χ0n) is 21.2. The molecule has 4 rings (SSSR count). The van der Waals surface area contributed by atoms with Crippen molar-refractivity contribution >= 4 is 35.8 Å². The summed E-state index contributed by atoms with van der Waals surface area (Å²) >= 11 is 0. The zero-order chi connectivity index (χ0) is 30.4. The smallest absolute Gasteiger partial charge is 0.345 e. The van der Waals surface area contributed by atoms with E-state index in [1.54, 1.807) is 18.2 Å².